The first-order chi connectivity index (χ1) is 16.3. The fraction of sp³-hybridized carbons (Fsp3) is 0.357. The Morgan fingerprint density at radius 1 is 1.00 bits per heavy atom. The van der Waals surface area contributed by atoms with E-state index in [0.717, 1.165) is 28.8 Å². The van der Waals surface area contributed by atoms with E-state index in [4.69, 9.17) is 0 Å². The van der Waals surface area contributed by atoms with E-state index in [-0.39, 0.29) is 18.0 Å². The Bertz CT molecular complexity index is 1160. The van der Waals surface area contributed by atoms with Crippen molar-refractivity contribution in [1.82, 2.24) is 9.47 Å². The van der Waals surface area contributed by atoms with Crippen molar-refractivity contribution in [2.24, 2.45) is 0 Å². The number of aryl methyl sites for hydroxylation is 1. The van der Waals surface area contributed by atoms with Crippen molar-refractivity contribution in [2.75, 3.05) is 32.1 Å². The van der Waals surface area contributed by atoms with Gasteiger partial charge in [-0.1, -0.05) is 60.7 Å². The summed E-state index contributed by atoms with van der Waals surface area (Å²) in [5.41, 5.74) is 2.80. The monoisotopic (exact) mass is 459 g/mol. The number of carbonyl (C=O) groups excluding carboxylic acids is 1. The average Bonchev–Trinajstić information content (AvgIpc) is 2.85. The molecule has 0 unspecified atom stereocenters. The zero-order valence-electron chi connectivity index (χ0n) is 20.0. The van der Waals surface area contributed by atoms with E-state index in [0.29, 0.717) is 32.4 Å². The third-order valence-corrected chi connectivity index (χ3v) is 6.65. The van der Waals surface area contributed by atoms with Crippen LogP contribution in [-0.4, -0.2) is 53.3 Å². The largest absolute Gasteiger partial charge is 0.388 e. The Morgan fingerprint density at radius 2 is 1.62 bits per heavy atom. The van der Waals surface area contributed by atoms with Gasteiger partial charge in [-0.15, -0.1) is 0 Å². The van der Waals surface area contributed by atoms with Crippen LogP contribution in [0, 0.1) is 0 Å². The van der Waals surface area contributed by atoms with Crippen LogP contribution >= 0.6 is 0 Å². The highest BCUT2D eigenvalue weighted by atomic mass is 16.3. The molecule has 1 fully saturated rings. The molecule has 34 heavy (non-hydrogen) atoms. The summed E-state index contributed by atoms with van der Waals surface area (Å²) in [6.45, 7) is 1.21. The third-order valence-electron chi connectivity index (χ3n) is 6.65. The smallest absolute Gasteiger partial charge is 0.252 e. The third kappa shape index (κ3) is 5.57. The van der Waals surface area contributed by atoms with Crippen molar-refractivity contribution in [1.29, 1.82) is 0 Å². The van der Waals surface area contributed by atoms with E-state index in [1.165, 1.54) is 0 Å². The van der Waals surface area contributed by atoms with Gasteiger partial charge in [-0.25, -0.2) is 0 Å². The molecule has 1 aromatic heterocycles. The molecular formula is C28H33N3O3. The summed E-state index contributed by atoms with van der Waals surface area (Å²) in [6.07, 6.45) is 3.94. The fourth-order valence-electron chi connectivity index (χ4n) is 4.60. The molecule has 2 aromatic carbocycles. The Balaban J connectivity index is 1.44. The molecule has 178 valence electrons. The Morgan fingerprint density at radius 3 is 2.24 bits per heavy atom. The molecule has 4 rings (SSSR count). The second-order valence-corrected chi connectivity index (χ2v) is 9.39. The molecule has 1 aliphatic heterocycles. The summed E-state index contributed by atoms with van der Waals surface area (Å²) in [4.78, 5) is 29.4. The van der Waals surface area contributed by atoms with E-state index < -0.39 is 5.60 Å². The summed E-state index contributed by atoms with van der Waals surface area (Å²) in [7, 11) is 3.84. The van der Waals surface area contributed by atoms with Crippen molar-refractivity contribution in [3.63, 3.8) is 0 Å². The van der Waals surface area contributed by atoms with Crippen LogP contribution in [0.15, 0.2) is 77.7 Å². The summed E-state index contributed by atoms with van der Waals surface area (Å²) < 4.78 is 1.61. The summed E-state index contributed by atoms with van der Waals surface area (Å²) in [5.74, 6) is 0.116. The van der Waals surface area contributed by atoms with Gasteiger partial charge < -0.3 is 19.5 Å². The Kier molecular flexibility index (Phi) is 7.17. The van der Waals surface area contributed by atoms with Crippen LogP contribution in [0.5, 0.6) is 0 Å². The van der Waals surface area contributed by atoms with Crippen molar-refractivity contribution in [2.45, 2.75) is 37.8 Å². The number of carbonyl (C=O) groups is 1. The second-order valence-electron chi connectivity index (χ2n) is 9.39. The molecule has 6 nitrogen and oxygen atoms in total. The van der Waals surface area contributed by atoms with Gasteiger partial charge in [-0.2, -0.15) is 0 Å². The van der Waals surface area contributed by atoms with E-state index in [2.05, 4.69) is 0 Å². The summed E-state index contributed by atoms with van der Waals surface area (Å²) in [5, 5.41) is 11.3. The Labute approximate surface area is 201 Å². The number of pyridine rings is 1. The van der Waals surface area contributed by atoms with Crippen LogP contribution < -0.4 is 10.5 Å². The molecule has 0 bridgehead atoms. The molecule has 1 N–H and O–H groups in total. The van der Waals surface area contributed by atoms with Crippen molar-refractivity contribution < 1.29 is 9.90 Å². The first-order valence-electron chi connectivity index (χ1n) is 11.9. The van der Waals surface area contributed by atoms with Crippen LogP contribution in [0.25, 0.3) is 11.1 Å². The van der Waals surface area contributed by atoms with Crippen LogP contribution in [0.1, 0.15) is 24.8 Å². The van der Waals surface area contributed by atoms with Crippen LogP contribution in [0.2, 0.25) is 0 Å². The van der Waals surface area contributed by atoms with Gasteiger partial charge in [0.15, 0.2) is 0 Å². The van der Waals surface area contributed by atoms with E-state index in [9.17, 15) is 14.7 Å². The summed E-state index contributed by atoms with van der Waals surface area (Å²) >= 11 is 0. The number of amides is 1. The number of hydrogen-bond acceptors (Lipinski definition) is 4. The number of hydrogen-bond donors (Lipinski definition) is 1. The van der Waals surface area contributed by atoms with Crippen LogP contribution in [-0.2, 0) is 17.8 Å². The molecule has 3 aromatic rings. The number of likely N-dealkylation sites (tertiary alicyclic amines) is 1. The predicted octanol–water partition coefficient (Wildman–Crippen LogP) is 3.57. The number of piperidine rings is 1. The quantitative estimate of drug-likeness (QED) is 0.587. The number of benzene rings is 2. The lowest BCUT2D eigenvalue weighted by molar-refractivity contribution is -0.135. The maximum Gasteiger partial charge on any atom is 0.252 e. The molecule has 0 atom stereocenters. The Hall–Kier alpha value is -3.38. The van der Waals surface area contributed by atoms with Gasteiger partial charge in [-0.3, -0.25) is 9.59 Å². The van der Waals surface area contributed by atoms with E-state index >= 15 is 0 Å². The molecule has 1 amide bonds. The minimum Gasteiger partial charge on any atom is -0.388 e. The number of rotatable bonds is 7. The molecule has 0 saturated carbocycles. The number of nitrogens with zero attached hydrogens (tertiary/aromatic N) is 3. The predicted molar refractivity (Wildman–Crippen MR) is 136 cm³/mol. The van der Waals surface area contributed by atoms with Crippen LogP contribution in [0.4, 0.5) is 5.69 Å². The topological polar surface area (TPSA) is 65.8 Å². The molecule has 1 aliphatic rings. The maximum atomic E-state index is 12.9. The highest BCUT2D eigenvalue weighted by Crippen LogP contribution is 2.30. The number of aliphatic hydroxyl groups is 1. The molecule has 0 radical (unpaired) electrons. The molecule has 6 heteroatoms. The fourth-order valence-corrected chi connectivity index (χ4v) is 4.60. The zero-order chi connectivity index (χ0) is 24.1. The van der Waals surface area contributed by atoms with Crippen molar-refractivity contribution in [3.8, 4) is 11.1 Å². The normalized spacial score (nSPS) is 15.2. The SMILES string of the molecule is CN(C)c1cc(=O)n(CC2(O)CCN(C(=O)CCc3ccccc3)CC2)cc1-c1ccccc1. The van der Waals surface area contributed by atoms with Gasteiger partial charge in [0.25, 0.3) is 5.56 Å². The zero-order valence-corrected chi connectivity index (χ0v) is 20.0. The number of aromatic nitrogens is 1. The van der Waals surface area contributed by atoms with Gasteiger partial charge in [0.05, 0.1) is 17.8 Å². The molecule has 2 heterocycles. The first kappa shape index (κ1) is 23.8. The average molecular weight is 460 g/mol. The highest BCUT2D eigenvalue weighted by Gasteiger charge is 2.34. The molecule has 0 aliphatic carbocycles. The van der Waals surface area contributed by atoms with Crippen LogP contribution in [0.3, 0.4) is 0 Å². The highest BCUT2D eigenvalue weighted by molar-refractivity contribution is 5.77. The lowest BCUT2D eigenvalue weighted by atomic mass is 9.90. The molecule has 1 saturated heterocycles. The lowest BCUT2D eigenvalue weighted by Gasteiger charge is -2.38. The van der Waals surface area contributed by atoms with E-state index in [1.807, 2.05) is 90.8 Å². The van der Waals surface area contributed by atoms with Crippen molar-refractivity contribution >= 4 is 11.6 Å². The van der Waals surface area contributed by atoms with Gasteiger partial charge in [0.2, 0.25) is 5.91 Å². The van der Waals surface area contributed by atoms with Crippen molar-refractivity contribution in [3.05, 3.63) is 88.8 Å². The van der Waals surface area contributed by atoms with Gasteiger partial charge in [-0.05, 0) is 30.4 Å². The van der Waals surface area contributed by atoms with Gasteiger partial charge >= 0.3 is 0 Å². The standard InChI is InChI=1S/C28H33N3O3/c1-29(2)25-19-27(33)31(20-24(25)23-11-7-4-8-12-23)21-28(34)15-17-30(18-16-28)26(32)14-13-22-9-5-3-6-10-22/h3-12,19-20,34H,13-18,21H2,1-2H3. The maximum absolute atomic E-state index is 12.9. The van der Waals surface area contributed by atoms with Gasteiger partial charge in [0.1, 0.15) is 0 Å². The minimum atomic E-state index is -1.02. The number of anilines is 1. The lowest BCUT2D eigenvalue weighted by Crippen LogP contribution is -2.49. The molecular weight excluding hydrogens is 426 g/mol. The second kappa shape index (κ2) is 10.3. The van der Waals surface area contributed by atoms with E-state index in [1.54, 1.807) is 10.6 Å². The first-order valence-corrected chi connectivity index (χ1v) is 11.9. The minimum absolute atomic E-state index is 0.116. The summed E-state index contributed by atoms with van der Waals surface area (Å²) in [6, 6.07) is 21.6. The molecule has 0 spiro atoms. The van der Waals surface area contributed by atoms with Gasteiger partial charge in [0, 0.05) is 51.4 Å².